The minimum absolute atomic E-state index is 0.582. The van der Waals surface area contributed by atoms with Crippen molar-refractivity contribution in [2.45, 2.75) is 52.7 Å². The minimum atomic E-state index is 0.582. The Hall–Kier alpha value is -0.410. The van der Waals surface area contributed by atoms with Gasteiger partial charge in [-0.05, 0) is 13.8 Å². The summed E-state index contributed by atoms with van der Waals surface area (Å²) < 4.78 is 0. The number of nitrogens with zero attached hydrogens (tertiary/aromatic N) is 2. The van der Waals surface area contributed by atoms with Crippen LogP contribution in [-0.4, -0.2) is 15.9 Å². The summed E-state index contributed by atoms with van der Waals surface area (Å²) in [6.07, 6.45) is 0. The summed E-state index contributed by atoms with van der Waals surface area (Å²) in [5, 5.41) is 1.30. The van der Waals surface area contributed by atoms with Crippen molar-refractivity contribution in [3.63, 3.8) is 0 Å². The van der Waals surface area contributed by atoms with E-state index in [1.54, 1.807) is 0 Å². The highest BCUT2D eigenvalue weighted by molar-refractivity contribution is 7.11. The molecule has 0 fully saturated rings. The van der Waals surface area contributed by atoms with Gasteiger partial charge in [0.15, 0.2) is 0 Å². The normalized spacial score (nSPS) is 17.0. The van der Waals surface area contributed by atoms with Crippen LogP contribution in [0.25, 0.3) is 0 Å². The van der Waals surface area contributed by atoms with Crippen LogP contribution in [0, 0.1) is 0 Å². The zero-order valence-corrected chi connectivity index (χ0v) is 10.2. The predicted molar refractivity (Wildman–Crippen MR) is 60.6 cm³/mol. The van der Waals surface area contributed by atoms with Gasteiger partial charge in [0.1, 0.15) is 0 Å². The first-order chi connectivity index (χ1) is 6.58. The van der Waals surface area contributed by atoms with Gasteiger partial charge >= 0.3 is 0 Å². The Kier molecular flexibility index (Phi) is 2.62. The third-order valence-corrected chi connectivity index (χ3v) is 4.10. The molecule has 1 aliphatic heterocycles. The van der Waals surface area contributed by atoms with Gasteiger partial charge in [-0.2, -0.15) is 0 Å². The fourth-order valence-corrected chi connectivity index (χ4v) is 2.80. The van der Waals surface area contributed by atoms with E-state index >= 15 is 0 Å². The lowest BCUT2D eigenvalue weighted by Crippen LogP contribution is -2.24. The predicted octanol–water partition coefficient (Wildman–Crippen LogP) is 2.99. The van der Waals surface area contributed by atoms with Crippen LogP contribution in [0.15, 0.2) is 0 Å². The molecule has 0 spiro atoms. The SMILES string of the molecule is CC(C)c1nc2c(s1)CN(C(C)C)C2. The summed E-state index contributed by atoms with van der Waals surface area (Å²) in [7, 11) is 0. The van der Waals surface area contributed by atoms with Crippen LogP contribution in [-0.2, 0) is 13.1 Å². The Morgan fingerprint density at radius 2 is 1.93 bits per heavy atom. The molecule has 2 rings (SSSR count). The molecular formula is C11H18N2S. The molecule has 3 heteroatoms. The Morgan fingerprint density at radius 1 is 1.21 bits per heavy atom. The number of aromatic nitrogens is 1. The summed E-state index contributed by atoms with van der Waals surface area (Å²) in [5.41, 5.74) is 1.33. The molecular weight excluding hydrogens is 192 g/mol. The van der Waals surface area contributed by atoms with Gasteiger partial charge in [-0.15, -0.1) is 11.3 Å². The highest BCUT2D eigenvalue weighted by Crippen LogP contribution is 2.32. The van der Waals surface area contributed by atoms with Crippen LogP contribution in [0.5, 0.6) is 0 Å². The van der Waals surface area contributed by atoms with Crippen molar-refractivity contribution < 1.29 is 0 Å². The molecule has 1 aliphatic rings. The number of thiazole rings is 1. The van der Waals surface area contributed by atoms with Crippen LogP contribution >= 0.6 is 11.3 Å². The van der Waals surface area contributed by atoms with Crippen molar-refractivity contribution in [1.82, 2.24) is 9.88 Å². The largest absolute Gasteiger partial charge is 0.290 e. The zero-order chi connectivity index (χ0) is 10.3. The van der Waals surface area contributed by atoms with Gasteiger partial charge < -0.3 is 0 Å². The van der Waals surface area contributed by atoms with E-state index in [1.165, 1.54) is 15.6 Å². The summed E-state index contributed by atoms with van der Waals surface area (Å²) in [5.74, 6) is 0.582. The van der Waals surface area contributed by atoms with Crippen molar-refractivity contribution in [3.8, 4) is 0 Å². The average Bonchev–Trinajstić information content (AvgIpc) is 2.57. The first-order valence-electron chi connectivity index (χ1n) is 5.30. The van der Waals surface area contributed by atoms with Crippen molar-refractivity contribution in [2.24, 2.45) is 0 Å². The smallest absolute Gasteiger partial charge is 0.0957 e. The van der Waals surface area contributed by atoms with Gasteiger partial charge in [0.2, 0.25) is 0 Å². The lowest BCUT2D eigenvalue weighted by atomic mass is 10.2. The Balaban J connectivity index is 2.16. The first kappa shape index (κ1) is 10.1. The summed E-state index contributed by atoms with van der Waals surface area (Å²) >= 11 is 1.90. The second kappa shape index (κ2) is 3.63. The standard InChI is InChI=1S/C11H18N2S/c1-7(2)11-12-9-5-13(8(3)4)6-10(9)14-11/h7-8H,5-6H2,1-4H3. The topological polar surface area (TPSA) is 16.1 Å². The molecule has 0 atom stereocenters. The Morgan fingerprint density at radius 3 is 2.43 bits per heavy atom. The quantitative estimate of drug-likeness (QED) is 0.746. The molecule has 0 N–H and O–H groups in total. The molecule has 2 heterocycles. The van der Waals surface area contributed by atoms with E-state index in [2.05, 4.69) is 32.6 Å². The van der Waals surface area contributed by atoms with Crippen LogP contribution < -0.4 is 0 Å². The molecule has 14 heavy (non-hydrogen) atoms. The lowest BCUT2D eigenvalue weighted by molar-refractivity contribution is 0.226. The number of hydrogen-bond donors (Lipinski definition) is 0. The lowest BCUT2D eigenvalue weighted by Gasteiger charge is -2.19. The average molecular weight is 210 g/mol. The third kappa shape index (κ3) is 1.71. The molecule has 0 radical (unpaired) electrons. The number of rotatable bonds is 2. The minimum Gasteiger partial charge on any atom is -0.290 e. The van der Waals surface area contributed by atoms with Gasteiger partial charge in [-0.25, -0.2) is 4.98 Å². The van der Waals surface area contributed by atoms with Crippen LogP contribution in [0.3, 0.4) is 0 Å². The third-order valence-electron chi connectivity index (χ3n) is 2.72. The maximum atomic E-state index is 4.70. The van der Waals surface area contributed by atoms with E-state index in [0.29, 0.717) is 12.0 Å². The summed E-state index contributed by atoms with van der Waals surface area (Å²) in [6.45, 7) is 11.1. The molecule has 0 aliphatic carbocycles. The van der Waals surface area contributed by atoms with E-state index in [1.807, 2.05) is 11.3 Å². The van der Waals surface area contributed by atoms with Gasteiger partial charge in [0, 0.05) is 29.9 Å². The van der Waals surface area contributed by atoms with E-state index < -0.39 is 0 Å². The fraction of sp³-hybridized carbons (Fsp3) is 0.727. The summed E-state index contributed by atoms with van der Waals surface area (Å²) in [4.78, 5) is 8.66. The molecule has 1 aromatic heterocycles. The van der Waals surface area contributed by atoms with Crippen molar-refractivity contribution in [3.05, 3.63) is 15.6 Å². The van der Waals surface area contributed by atoms with Crippen molar-refractivity contribution in [2.75, 3.05) is 0 Å². The number of hydrogen-bond acceptors (Lipinski definition) is 3. The van der Waals surface area contributed by atoms with Gasteiger partial charge in [0.05, 0.1) is 10.7 Å². The summed E-state index contributed by atoms with van der Waals surface area (Å²) in [6, 6.07) is 0.638. The van der Waals surface area contributed by atoms with Crippen LogP contribution in [0.4, 0.5) is 0 Å². The fourth-order valence-electron chi connectivity index (χ4n) is 1.70. The zero-order valence-electron chi connectivity index (χ0n) is 9.37. The van der Waals surface area contributed by atoms with Gasteiger partial charge in [-0.3, -0.25) is 4.90 Å². The molecule has 0 saturated carbocycles. The highest BCUT2D eigenvalue weighted by atomic mass is 32.1. The molecule has 78 valence electrons. The molecule has 1 aromatic rings. The van der Waals surface area contributed by atoms with Gasteiger partial charge in [0.25, 0.3) is 0 Å². The van der Waals surface area contributed by atoms with E-state index in [9.17, 15) is 0 Å². The second-order valence-electron chi connectivity index (χ2n) is 4.58. The first-order valence-corrected chi connectivity index (χ1v) is 6.12. The highest BCUT2D eigenvalue weighted by Gasteiger charge is 2.25. The van der Waals surface area contributed by atoms with Crippen LogP contribution in [0.1, 0.15) is 49.2 Å². The van der Waals surface area contributed by atoms with Crippen molar-refractivity contribution in [1.29, 1.82) is 0 Å². The Labute approximate surface area is 90.0 Å². The molecule has 0 aromatic carbocycles. The van der Waals surface area contributed by atoms with E-state index in [-0.39, 0.29) is 0 Å². The molecule has 0 saturated heterocycles. The Bertz CT molecular complexity index is 305. The molecule has 0 amide bonds. The van der Waals surface area contributed by atoms with Gasteiger partial charge in [-0.1, -0.05) is 13.8 Å². The molecule has 0 bridgehead atoms. The molecule has 0 unspecified atom stereocenters. The maximum absolute atomic E-state index is 4.70. The van der Waals surface area contributed by atoms with Crippen molar-refractivity contribution >= 4 is 11.3 Å². The van der Waals surface area contributed by atoms with E-state index in [0.717, 1.165) is 13.1 Å². The van der Waals surface area contributed by atoms with E-state index in [4.69, 9.17) is 4.98 Å². The maximum Gasteiger partial charge on any atom is 0.0957 e. The monoisotopic (exact) mass is 210 g/mol. The second-order valence-corrected chi connectivity index (χ2v) is 5.69. The van der Waals surface area contributed by atoms with Crippen LogP contribution in [0.2, 0.25) is 0 Å². The number of fused-ring (bicyclic) bond motifs is 1. The molecule has 2 nitrogen and oxygen atoms in total.